The number of hydrogen-bond donors (Lipinski definition) is 1. The SMILES string of the molecule is O=C(NC[C@H]1CCCc2ccccc21)C1CCN(C(=O)N2CCCC2)CC1. The van der Waals surface area contributed by atoms with Gasteiger partial charge >= 0.3 is 6.03 Å². The lowest BCUT2D eigenvalue weighted by molar-refractivity contribution is -0.126. The molecule has 2 heterocycles. The van der Waals surface area contributed by atoms with Crippen LogP contribution in [0.3, 0.4) is 0 Å². The van der Waals surface area contributed by atoms with E-state index in [0.717, 1.165) is 58.2 Å². The number of hydrogen-bond acceptors (Lipinski definition) is 2. The van der Waals surface area contributed by atoms with Crippen LogP contribution in [0.5, 0.6) is 0 Å². The number of carbonyl (C=O) groups is 2. The van der Waals surface area contributed by atoms with Crippen molar-refractivity contribution < 1.29 is 9.59 Å². The van der Waals surface area contributed by atoms with E-state index in [1.165, 1.54) is 17.5 Å². The van der Waals surface area contributed by atoms with Crippen LogP contribution in [0.4, 0.5) is 4.79 Å². The second kappa shape index (κ2) is 8.32. The van der Waals surface area contributed by atoms with E-state index in [1.54, 1.807) is 0 Å². The first kappa shape index (κ1) is 18.3. The highest BCUT2D eigenvalue weighted by Crippen LogP contribution is 2.31. The predicted molar refractivity (Wildman–Crippen MR) is 106 cm³/mol. The zero-order valence-electron chi connectivity index (χ0n) is 16.2. The number of urea groups is 1. The molecule has 0 aromatic heterocycles. The van der Waals surface area contributed by atoms with Gasteiger partial charge in [0.2, 0.25) is 5.91 Å². The van der Waals surface area contributed by atoms with Crippen LogP contribution in [0.15, 0.2) is 24.3 Å². The second-order valence-corrected chi connectivity index (χ2v) is 8.27. The molecule has 5 nitrogen and oxygen atoms in total. The van der Waals surface area contributed by atoms with E-state index < -0.39 is 0 Å². The van der Waals surface area contributed by atoms with Crippen molar-refractivity contribution in [3.8, 4) is 0 Å². The lowest BCUT2D eigenvalue weighted by Gasteiger charge is -2.34. The van der Waals surface area contributed by atoms with Crippen LogP contribution in [0.1, 0.15) is 55.6 Å². The number of nitrogens with zero attached hydrogens (tertiary/aromatic N) is 2. The fourth-order valence-corrected chi connectivity index (χ4v) is 4.88. The topological polar surface area (TPSA) is 52.7 Å². The Morgan fingerprint density at radius 1 is 0.926 bits per heavy atom. The highest BCUT2D eigenvalue weighted by molar-refractivity contribution is 5.79. The smallest absolute Gasteiger partial charge is 0.319 e. The van der Waals surface area contributed by atoms with Crippen molar-refractivity contribution in [2.45, 2.75) is 50.9 Å². The van der Waals surface area contributed by atoms with Crippen LogP contribution in [-0.2, 0) is 11.2 Å². The summed E-state index contributed by atoms with van der Waals surface area (Å²) >= 11 is 0. The quantitative estimate of drug-likeness (QED) is 0.890. The highest BCUT2D eigenvalue weighted by Gasteiger charge is 2.31. The number of fused-ring (bicyclic) bond motifs is 1. The summed E-state index contributed by atoms with van der Waals surface area (Å²) < 4.78 is 0. The summed E-state index contributed by atoms with van der Waals surface area (Å²) in [4.78, 5) is 29.0. The van der Waals surface area contributed by atoms with E-state index >= 15 is 0 Å². The molecule has 27 heavy (non-hydrogen) atoms. The van der Waals surface area contributed by atoms with Crippen LogP contribution in [0, 0.1) is 5.92 Å². The largest absolute Gasteiger partial charge is 0.355 e. The first-order valence-electron chi connectivity index (χ1n) is 10.6. The molecule has 0 radical (unpaired) electrons. The van der Waals surface area contributed by atoms with Gasteiger partial charge in [-0.15, -0.1) is 0 Å². The number of likely N-dealkylation sites (tertiary alicyclic amines) is 2. The minimum absolute atomic E-state index is 0.0477. The van der Waals surface area contributed by atoms with Crippen molar-refractivity contribution in [3.05, 3.63) is 35.4 Å². The zero-order valence-corrected chi connectivity index (χ0v) is 16.2. The van der Waals surface area contributed by atoms with E-state index in [0.29, 0.717) is 19.0 Å². The van der Waals surface area contributed by atoms with Crippen LogP contribution < -0.4 is 5.32 Å². The van der Waals surface area contributed by atoms with Crippen molar-refractivity contribution in [2.24, 2.45) is 5.92 Å². The summed E-state index contributed by atoms with van der Waals surface area (Å²) in [6.45, 7) is 3.94. The molecule has 3 amide bonds. The molecule has 1 aliphatic carbocycles. The first-order chi connectivity index (χ1) is 13.2. The molecule has 4 rings (SSSR count). The monoisotopic (exact) mass is 369 g/mol. The minimum atomic E-state index is 0.0477. The van der Waals surface area contributed by atoms with Gasteiger partial charge in [0.15, 0.2) is 0 Å². The summed E-state index contributed by atoms with van der Waals surface area (Å²) in [6.07, 6.45) is 7.32. The number of piperidine rings is 1. The third-order valence-electron chi connectivity index (χ3n) is 6.53. The molecule has 1 atom stereocenters. The maximum Gasteiger partial charge on any atom is 0.319 e. The molecular weight excluding hydrogens is 338 g/mol. The third-order valence-corrected chi connectivity index (χ3v) is 6.53. The average Bonchev–Trinajstić information content (AvgIpc) is 3.26. The lowest BCUT2D eigenvalue weighted by Crippen LogP contribution is -2.48. The molecule has 1 aromatic rings. The average molecular weight is 370 g/mol. The molecule has 1 N–H and O–H groups in total. The van der Waals surface area contributed by atoms with Gasteiger partial charge in [-0.2, -0.15) is 0 Å². The molecular formula is C22H31N3O2. The molecule has 146 valence electrons. The van der Waals surface area contributed by atoms with Crippen LogP contribution in [0.2, 0.25) is 0 Å². The van der Waals surface area contributed by atoms with Crippen molar-refractivity contribution >= 4 is 11.9 Å². The van der Waals surface area contributed by atoms with Crippen molar-refractivity contribution in [1.29, 1.82) is 0 Å². The third kappa shape index (κ3) is 4.12. The van der Waals surface area contributed by atoms with Gasteiger partial charge in [0, 0.05) is 44.6 Å². The predicted octanol–water partition coefficient (Wildman–Crippen LogP) is 3.15. The zero-order chi connectivity index (χ0) is 18.6. The molecule has 0 saturated carbocycles. The number of carbonyl (C=O) groups excluding carboxylic acids is 2. The lowest BCUT2D eigenvalue weighted by atomic mass is 9.82. The number of aryl methyl sites for hydroxylation is 1. The summed E-state index contributed by atoms with van der Waals surface area (Å²) in [5.41, 5.74) is 2.85. The normalized spacial score (nSPS) is 23.2. The second-order valence-electron chi connectivity index (χ2n) is 8.27. The van der Waals surface area contributed by atoms with Gasteiger partial charge in [-0.25, -0.2) is 4.79 Å². The summed E-state index contributed by atoms with van der Waals surface area (Å²) in [6, 6.07) is 8.82. The summed E-state index contributed by atoms with van der Waals surface area (Å²) in [5, 5.41) is 3.21. The number of nitrogens with one attached hydrogen (secondary N) is 1. The molecule has 0 bridgehead atoms. The van der Waals surface area contributed by atoms with Crippen molar-refractivity contribution in [1.82, 2.24) is 15.1 Å². The molecule has 2 fully saturated rings. The van der Waals surface area contributed by atoms with Gasteiger partial charge in [0.05, 0.1) is 0 Å². The Hall–Kier alpha value is -2.04. The number of rotatable bonds is 3. The molecule has 3 aliphatic rings. The van der Waals surface area contributed by atoms with Gasteiger partial charge in [0.1, 0.15) is 0 Å². The number of amides is 3. The van der Waals surface area contributed by atoms with E-state index in [-0.39, 0.29) is 17.9 Å². The Balaban J connectivity index is 1.25. The Kier molecular flexibility index (Phi) is 5.65. The number of benzene rings is 1. The summed E-state index contributed by atoms with van der Waals surface area (Å²) in [5.74, 6) is 0.661. The van der Waals surface area contributed by atoms with E-state index in [1.807, 2.05) is 9.80 Å². The molecule has 5 heteroatoms. The Morgan fingerprint density at radius 3 is 2.41 bits per heavy atom. The van der Waals surface area contributed by atoms with E-state index in [9.17, 15) is 9.59 Å². The maximum atomic E-state index is 12.7. The Morgan fingerprint density at radius 2 is 1.63 bits per heavy atom. The Labute approximate surface area is 162 Å². The van der Waals surface area contributed by atoms with Gasteiger partial charge in [0.25, 0.3) is 0 Å². The van der Waals surface area contributed by atoms with Gasteiger partial charge < -0.3 is 15.1 Å². The minimum Gasteiger partial charge on any atom is -0.355 e. The standard InChI is InChI=1S/C22H31N3O2/c26-21(23-16-19-8-5-7-17-6-1-2-9-20(17)19)18-10-14-25(15-11-18)22(27)24-12-3-4-13-24/h1-2,6,9,18-19H,3-5,7-8,10-16H2,(H,23,26)/t19-/m1/s1. The van der Waals surface area contributed by atoms with Gasteiger partial charge in [-0.3, -0.25) is 4.79 Å². The van der Waals surface area contributed by atoms with E-state index in [4.69, 9.17) is 0 Å². The molecule has 2 saturated heterocycles. The molecule has 1 aromatic carbocycles. The molecule has 2 aliphatic heterocycles. The maximum absolute atomic E-state index is 12.7. The van der Waals surface area contributed by atoms with Crippen molar-refractivity contribution in [3.63, 3.8) is 0 Å². The van der Waals surface area contributed by atoms with Crippen LogP contribution in [0.25, 0.3) is 0 Å². The fourth-order valence-electron chi connectivity index (χ4n) is 4.88. The highest BCUT2D eigenvalue weighted by atomic mass is 16.2. The van der Waals surface area contributed by atoms with Gasteiger partial charge in [-0.1, -0.05) is 24.3 Å². The van der Waals surface area contributed by atoms with Crippen LogP contribution in [-0.4, -0.2) is 54.5 Å². The molecule has 0 unspecified atom stereocenters. The van der Waals surface area contributed by atoms with E-state index in [2.05, 4.69) is 29.6 Å². The molecule has 0 spiro atoms. The van der Waals surface area contributed by atoms with Gasteiger partial charge in [-0.05, 0) is 56.1 Å². The summed E-state index contributed by atoms with van der Waals surface area (Å²) in [7, 11) is 0. The fraction of sp³-hybridized carbons (Fsp3) is 0.636. The Bertz CT molecular complexity index is 676. The first-order valence-corrected chi connectivity index (χ1v) is 10.6. The van der Waals surface area contributed by atoms with Crippen LogP contribution >= 0.6 is 0 Å². The van der Waals surface area contributed by atoms with Crippen molar-refractivity contribution in [2.75, 3.05) is 32.7 Å².